The van der Waals surface area contributed by atoms with Crippen molar-refractivity contribution in [2.24, 2.45) is 0 Å². The van der Waals surface area contributed by atoms with Gasteiger partial charge in [-0.3, -0.25) is 0 Å². The van der Waals surface area contributed by atoms with Gasteiger partial charge in [0.25, 0.3) is 0 Å². The first-order chi connectivity index (χ1) is 8.72. The number of hydrogen-bond donors (Lipinski definition) is 0. The molecule has 0 spiro atoms. The summed E-state index contributed by atoms with van der Waals surface area (Å²) < 4.78 is 15.7. The highest BCUT2D eigenvalue weighted by Crippen LogP contribution is 2.17. The van der Waals surface area contributed by atoms with Crippen LogP contribution in [0, 0.1) is 5.82 Å². The molecule has 0 atom stereocenters. The smallest absolute Gasteiger partial charge is 0.206 e. The van der Waals surface area contributed by atoms with Gasteiger partial charge in [-0.2, -0.15) is 4.58 Å². The molecule has 0 N–H and O–H groups in total. The lowest BCUT2D eigenvalue weighted by molar-refractivity contribution is 0.620. The molecule has 3 heteroatoms. The van der Waals surface area contributed by atoms with Crippen molar-refractivity contribution in [3.63, 3.8) is 0 Å². The van der Waals surface area contributed by atoms with E-state index in [9.17, 15) is 4.39 Å². The Balaban J connectivity index is 2.36. The highest BCUT2D eigenvalue weighted by Gasteiger charge is 2.28. The van der Waals surface area contributed by atoms with Crippen molar-refractivity contribution in [2.45, 2.75) is 0 Å². The normalized spacial score (nSPS) is 13.0. The average molecular weight is 259 g/mol. The van der Waals surface area contributed by atoms with Crippen LogP contribution in [0.4, 0.5) is 4.39 Å². The van der Waals surface area contributed by atoms with Gasteiger partial charge in [0.15, 0.2) is 6.20 Å². The molecule has 0 aromatic heterocycles. The largest absolute Gasteiger partial charge is 0.235 e. The summed E-state index contributed by atoms with van der Waals surface area (Å²) in [5.41, 5.74) is 1.37. The Morgan fingerprint density at radius 1 is 1.17 bits per heavy atom. The third-order valence-corrected chi connectivity index (χ3v) is 3.26. The number of hydrogen-bond acceptors (Lipinski definition) is 0. The van der Waals surface area contributed by atoms with Gasteiger partial charge in [-0.1, -0.05) is 23.7 Å². The van der Waals surface area contributed by atoms with Crippen molar-refractivity contribution >= 4 is 17.3 Å². The third-order valence-electron chi connectivity index (χ3n) is 3.03. The first-order valence-corrected chi connectivity index (χ1v) is 5.93. The van der Waals surface area contributed by atoms with Gasteiger partial charge >= 0.3 is 0 Å². The number of fused-ring (bicyclic) bond motifs is 1. The van der Waals surface area contributed by atoms with Crippen molar-refractivity contribution in [3.05, 3.63) is 82.2 Å². The molecule has 1 aliphatic rings. The van der Waals surface area contributed by atoms with Crippen LogP contribution < -0.4 is 15.2 Å². The molecule has 1 nitrogen and oxygen atoms in total. The fourth-order valence-corrected chi connectivity index (χ4v) is 2.40. The molecule has 3 rings (SSSR count). The maximum Gasteiger partial charge on any atom is 0.235 e. The molecule has 0 unspecified atom stereocenters. The SMILES string of the molecule is C=C[N+]1=c2ccc(Cl)cc2=C1c1ccccc1F. The van der Waals surface area contributed by atoms with E-state index in [0.29, 0.717) is 10.6 Å². The predicted molar refractivity (Wildman–Crippen MR) is 71.0 cm³/mol. The zero-order valence-electron chi connectivity index (χ0n) is 9.53. The summed E-state index contributed by atoms with van der Waals surface area (Å²) in [5, 5.41) is 2.59. The van der Waals surface area contributed by atoms with Gasteiger partial charge < -0.3 is 0 Å². The van der Waals surface area contributed by atoms with E-state index in [1.165, 1.54) is 6.07 Å². The van der Waals surface area contributed by atoms with Gasteiger partial charge in [0.2, 0.25) is 11.1 Å². The molecule has 1 heterocycles. The van der Waals surface area contributed by atoms with Gasteiger partial charge in [-0.15, -0.1) is 0 Å². The summed E-state index contributed by atoms with van der Waals surface area (Å²) in [6.07, 6.45) is 1.68. The summed E-state index contributed by atoms with van der Waals surface area (Å²) in [7, 11) is 0. The molecule has 0 aliphatic carbocycles. The summed E-state index contributed by atoms with van der Waals surface area (Å²) in [4.78, 5) is 0. The lowest BCUT2D eigenvalue weighted by Gasteiger charge is -2.11. The molecule has 0 saturated carbocycles. The van der Waals surface area contributed by atoms with E-state index in [1.807, 2.05) is 28.8 Å². The minimum absolute atomic E-state index is 0.245. The Labute approximate surface area is 109 Å². The monoisotopic (exact) mass is 258 g/mol. The molecule has 0 fully saturated rings. The van der Waals surface area contributed by atoms with E-state index < -0.39 is 0 Å². The minimum Gasteiger partial charge on any atom is -0.206 e. The molecule has 0 bridgehead atoms. The van der Waals surface area contributed by atoms with Crippen molar-refractivity contribution in [2.75, 3.05) is 0 Å². The molecule has 88 valence electrons. The Morgan fingerprint density at radius 3 is 2.67 bits per heavy atom. The standard InChI is InChI=1S/C15H10ClFN/c1-2-18-14-8-7-10(16)9-12(14)15(18)11-5-3-4-6-13(11)17/h2-9H,1H2/q+1. The molecule has 18 heavy (non-hydrogen) atoms. The fraction of sp³-hybridized carbons (Fsp3) is 0. The second kappa shape index (κ2) is 4.07. The van der Waals surface area contributed by atoms with E-state index in [2.05, 4.69) is 6.58 Å². The highest BCUT2D eigenvalue weighted by atomic mass is 35.5. The lowest BCUT2D eigenvalue weighted by atomic mass is 10.0. The van der Waals surface area contributed by atoms with Gasteiger partial charge in [-0.05, 0) is 30.8 Å². The Morgan fingerprint density at radius 2 is 1.94 bits per heavy atom. The predicted octanol–water partition coefficient (Wildman–Crippen LogP) is 2.28. The Hall–Kier alpha value is -1.93. The van der Waals surface area contributed by atoms with E-state index >= 15 is 0 Å². The summed E-state index contributed by atoms with van der Waals surface area (Å²) in [5.74, 6) is -0.245. The summed E-state index contributed by atoms with van der Waals surface area (Å²) in [6.45, 7) is 3.76. The van der Waals surface area contributed by atoms with Gasteiger partial charge in [0.05, 0.1) is 5.56 Å². The zero-order valence-corrected chi connectivity index (χ0v) is 10.3. The second-order valence-electron chi connectivity index (χ2n) is 4.04. The number of nitrogens with zero attached hydrogens (tertiary/aromatic N) is 1. The maximum absolute atomic E-state index is 13.9. The van der Waals surface area contributed by atoms with Crippen molar-refractivity contribution < 1.29 is 4.39 Å². The topological polar surface area (TPSA) is 3.01 Å². The average Bonchev–Trinajstić information content (AvgIpc) is 2.35. The quantitative estimate of drug-likeness (QED) is 0.727. The van der Waals surface area contributed by atoms with Crippen LogP contribution in [0.1, 0.15) is 5.56 Å². The molecule has 0 amide bonds. The van der Waals surface area contributed by atoms with E-state index in [4.69, 9.17) is 11.6 Å². The van der Waals surface area contributed by atoms with Crippen molar-refractivity contribution in [1.82, 2.24) is 4.58 Å². The van der Waals surface area contributed by atoms with Crippen LogP contribution in [0.2, 0.25) is 5.02 Å². The van der Waals surface area contributed by atoms with Crippen LogP contribution in [-0.4, -0.2) is 0 Å². The zero-order chi connectivity index (χ0) is 12.7. The number of rotatable bonds is 2. The molecule has 0 saturated heterocycles. The van der Waals surface area contributed by atoms with E-state index in [1.54, 1.807) is 18.3 Å². The first-order valence-electron chi connectivity index (χ1n) is 5.56. The third kappa shape index (κ3) is 1.50. The van der Waals surface area contributed by atoms with Crippen LogP contribution in [0.5, 0.6) is 0 Å². The molecule has 2 aromatic rings. The first kappa shape index (κ1) is 11.2. The number of benzene rings is 2. The molecule has 2 aromatic carbocycles. The summed E-state index contributed by atoms with van der Waals surface area (Å²) in [6, 6.07) is 12.3. The number of halogens is 2. The molecule has 1 aliphatic heterocycles. The molecule has 0 radical (unpaired) electrons. The van der Waals surface area contributed by atoms with Crippen LogP contribution in [0.3, 0.4) is 0 Å². The van der Waals surface area contributed by atoms with Gasteiger partial charge in [0, 0.05) is 11.1 Å². The molecular formula is C15H10ClFN+. The Kier molecular flexibility index (Phi) is 2.53. The van der Waals surface area contributed by atoms with Crippen LogP contribution in [0.25, 0.3) is 5.70 Å². The van der Waals surface area contributed by atoms with Crippen LogP contribution >= 0.6 is 11.6 Å². The van der Waals surface area contributed by atoms with E-state index in [0.717, 1.165) is 16.3 Å². The van der Waals surface area contributed by atoms with Crippen molar-refractivity contribution in [1.29, 1.82) is 0 Å². The second-order valence-corrected chi connectivity index (χ2v) is 4.48. The van der Waals surface area contributed by atoms with Crippen LogP contribution in [0.15, 0.2) is 55.2 Å². The Bertz CT molecular complexity index is 777. The van der Waals surface area contributed by atoms with Gasteiger partial charge in [-0.25, -0.2) is 4.39 Å². The minimum atomic E-state index is -0.245. The van der Waals surface area contributed by atoms with E-state index in [-0.39, 0.29) is 5.82 Å². The lowest BCUT2D eigenvalue weighted by Crippen LogP contribution is -2.49. The molecular weight excluding hydrogens is 249 g/mol. The van der Waals surface area contributed by atoms with Crippen molar-refractivity contribution in [3.8, 4) is 0 Å². The fourth-order valence-electron chi connectivity index (χ4n) is 2.22. The highest BCUT2D eigenvalue weighted by molar-refractivity contribution is 6.30. The maximum atomic E-state index is 13.9. The summed E-state index contributed by atoms with van der Waals surface area (Å²) >= 11 is 5.98. The van der Waals surface area contributed by atoms with Crippen LogP contribution in [-0.2, 0) is 0 Å². The van der Waals surface area contributed by atoms with Gasteiger partial charge in [0.1, 0.15) is 11.0 Å².